The van der Waals surface area contributed by atoms with Crippen LogP contribution >= 0.6 is 11.3 Å². The van der Waals surface area contributed by atoms with E-state index in [-0.39, 0.29) is 17.9 Å². The molecule has 172 valence electrons. The van der Waals surface area contributed by atoms with Gasteiger partial charge < -0.3 is 10.2 Å². The van der Waals surface area contributed by atoms with Crippen molar-refractivity contribution in [1.29, 1.82) is 0 Å². The number of thiazole rings is 1. The lowest BCUT2D eigenvalue weighted by Gasteiger charge is -2.36. The van der Waals surface area contributed by atoms with Crippen molar-refractivity contribution >= 4 is 23.2 Å². The summed E-state index contributed by atoms with van der Waals surface area (Å²) in [5, 5.41) is 14.0. The molecule has 1 unspecified atom stereocenters. The van der Waals surface area contributed by atoms with Crippen LogP contribution < -0.4 is 5.32 Å². The summed E-state index contributed by atoms with van der Waals surface area (Å²) >= 11 is 1.58. The molecule has 0 radical (unpaired) electrons. The Morgan fingerprint density at radius 3 is 2.79 bits per heavy atom. The minimum absolute atomic E-state index is 0.132. The standard InChI is InChI=1S/C24H28N6O2S/c31-22(14-19-16-33-24(26-19)17-6-2-1-3-7-17)30-12-5-4-8-20(30)11-13-29-15-21(27-28-29)23(32)25-18-9-10-18/h1-3,6-7,15-16,18,20H,4-5,8-14H2,(H,25,32). The molecule has 0 bridgehead atoms. The van der Waals surface area contributed by atoms with E-state index in [2.05, 4.69) is 20.6 Å². The lowest BCUT2D eigenvalue weighted by molar-refractivity contribution is -0.134. The van der Waals surface area contributed by atoms with Gasteiger partial charge >= 0.3 is 0 Å². The van der Waals surface area contributed by atoms with Gasteiger partial charge in [-0.2, -0.15) is 0 Å². The molecule has 1 saturated carbocycles. The molecule has 3 heterocycles. The van der Waals surface area contributed by atoms with Crippen LogP contribution in [0.1, 0.15) is 54.7 Å². The number of hydrogen-bond donors (Lipinski definition) is 1. The summed E-state index contributed by atoms with van der Waals surface area (Å²) < 4.78 is 1.71. The first-order valence-electron chi connectivity index (χ1n) is 11.7. The topological polar surface area (TPSA) is 93.0 Å². The number of hydrogen-bond acceptors (Lipinski definition) is 6. The molecule has 2 aliphatic rings. The van der Waals surface area contributed by atoms with E-state index in [4.69, 9.17) is 0 Å². The predicted molar refractivity (Wildman–Crippen MR) is 126 cm³/mol. The van der Waals surface area contributed by atoms with Crippen molar-refractivity contribution in [2.24, 2.45) is 0 Å². The Balaban J connectivity index is 1.17. The van der Waals surface area contributed by atoms with E-state index in [0.717, 1.165) is 61.3 Å². The average Bonchev–Trinajstić information content (AvgIpc) is 3.33. The van der Waals surface area contributed by atoms with Crippen molar-refractivity contribution < 1.29 is 9.59 Å². The Morgan fingerprint density at radius 1 is 1.12 bits per heavy atom. The molecule has 2 fully saturated rings. The molecule has 9 heteroatoms. The van der Waals surface area contributed by atoms with Crippen LogP contribution in [0.5, 0.6) is 0 Å². The van der Waals surface area contributed by atoms with Crippen LogP contribution in [0.15, 0.2) is 41.9 Å². The third-order valence-electron chi connectivity index (χ3n) is 6.23. The minimum atomic E-state index is -0.156. The van der Waals surface area contributed by atoms with Crippen LogP contribution in [0.4, 0.5) is 0 Å². The van der Waals surface area contributed by atoms with Crippen LogP contribution in [0.25, 0.3) is 10.6 Å². The van der Waals surface area contributed by atoms with E-state index < -0.39 is 0 Å². The molecule has 0 spiro atoms. The summed E-state index contributed by atoms with van der Waals surface area (Å²) in [5.74, 6) is -0.0240. The molecule has 1 aliphatic carbocycles. The number of aryl methyl sites for hydroxylation is 1. The summed E-state index contributed by atoms with van der Waals surface area (Å²) in [6.07, 6.45) is 8.05. The first kappa shape index (κ1) is 21.8. The number of aromatic nitrogens is 4. The molecular weight excluding hydrogens is 436 g/mol. The molecule has 1 saturated heterocycles. The van der Waals surface area contributed by atoms with Crippen LogP contribution in [-0.2, 0) is 17.8 Å². The van der Waals surface area contributed by atoms with E-state index in [9.17, 15) is 9.59 Å². The Kier molecular flexibility index (Phi) is 6.48. The maximum atomic E-state index is 13.1. The fraction of sp³-hybridized carbons (Fsp3) is 0.458. The zero-order valence-electron chi connectivity index (χ0n) is 18.5. The molecule has 1 aromatic carbocycles. The van der Waals surface area contributed by atoms with Gasteiger partial charge in [0.25, 0.3) is 5.91 Å². The zero-order valence-corrected chi connectivity index (χ0v) is 19.3. The first-order chi connectivity index (χ1) is 16.2. The van der Waals surface area contributed by atoms with E-state index in [1.165, 1.54) is 0 Å². The number of carbonyl (C=O) groups excluding carboxylic acids is 2. The molecule has 2 aromatic heterocycles. The highest BCUT2D eigenvalue weighted by molar-refractivity contribution is 7.13. The molecule has 8 nitrogen and oxygen atoms in total. The Labute approximate surface area is 197 Å². The van der Waals surface area contributed by atoms with Crippen molar-refractivity contribution in [2.75, 3.05) is 6.54 Å². The van der Waals surface area contributed by atoms with Gasteiger partial charge in [-0.05, 0) is 38.5 Å². The fourth-order valence-electron chi connectivity index (χ4n) is 4.27. The number of amides is 2. The second-order valence-corrected chi connectivity index (χ2v) is 9.68. The minimum Gasteiger partial charge on any atom is -0.348 e. The van der Waals surface area contributed by atoms with Crippen molar-refractivity contribution in [3.63, 3.8) is 0 Å². The van der Waals surface area contributed by atoms with Crippen LogP contribution in [0.3, 0.4) is 0 Å². The average molecular weight is 465 g/mol. The number of nitrogens with one attached hydrogen (secondary N) is 1. The monoisotopic (exact) mass is 464 g/mol. The van der Waals surface area contributed by atoms with Gasteiger partial charge in [0.05, 0.1) is 18.3 Å². The van der Waals surface area contributed by atoms with Crippen LogP contribution in [-0.4, -0.2) is 55.3 Å². The van der Waals surface area contributed by atoms with E-state index in [0.29, 0.717) is 24.7 Å². The van der Waals surface area contributed by atoms with Crippen LogP contribution in [0.2, 0.25) is 0 Å². The lowest BCUT2D eigenvalue weighted by Crippen LogP contribution is -2.45. The molecular formula is C24H28N6O2S. The number of carbonyl (C=O) groups is 2. The van der Waals surface area contributed by atoms with Gasteiger partial charge in [0, 0.05) is 36.1 Å². The van der Waals surface area contributed by atoms with Gasteiger partial charge in [-0.1, -0.05) is 35.5 Å². The van der Waals surface area contributed by atoms with Crippen LogP contribution in [0, 0.1) is 0 Å². The lowest BCUT2D eigenvalue weighted by atomic mass is 9.98. The van der Waals surface area contributed by atoms with Gasteiger partial charge in [0.1, 0.15) is 5.01 Å². The molecule has 5 rings (SSSR count). The fourth-order valence-corrected chi connectivity index (χ4v) is 5.09. The number of benzene rings is 1. The highest BCUT2D eigenvalue weighted by Gasteiger charge is 2.28. The third kappa shape index (κ3) is 5.47. The van der Waals surface area contributed by atoms with Gasteiger partial charge in [-0.25, -0.2) is 4.98 Å². The van der Waals surface area contributed by atoms with Gasteiger partial charge in [0.15, 0.2) is 5.69 Å². The third-order valence-corrected chi connectivity index (χ3v) is 7.17. The summed E-state index contributed by atoms with van der Waals surface area (Å²) in [4.78, 5) is 32.0. The summed E-state index contributed by atoms with van der Waals surface area (Å²) in [5.41, 5.74) is 2.27. The van der Waals surface area contributed by atoms with E-state index >= 15 is 0 Å². The number of nitrogens with zero attached hydrogens (tertiary/aromatic N) is 5. The maximum absolute atomic E-state index is 13.1. The number of piperidine rings is 1. The summed E-state index contributed by atoms with van der Waals surface area (Å²) in [6.45, 7) is 1.42. The molecule has 1 aliphatic heterocycles. The second-order valence-electron chi connectivity index (χ2n) is 8.83. The highest BCUT2D eigenvalue weighted by atomic mass is 32.1. The van der Waals surface area contributed by atoms with Gasteiger partial charge in [-0.3, -0.25) is 14.3 Å². The Morgan fingerprint density at radius 2 is 1.97 bits per heavy atom. The normalized spacial score (nSPS) is 18.3. The molecule has 33 heavy (non-hydrogen) atoms. The molecule has 2 amide bonds. The zero-order chi connectivity index (χ0) is 22.6. The first-order valence-corrected chi connectivity index (χ1v) is 12.5. The molecule has 1 N–H and O–H groups in total. The summed E-state index contributed by atoms with van der Waals surface area (Å²) in [6, 6.07) is 10.5. The molecule has 3 aromatic rings. The van der Waals surface area contributed by atoms with Gasteiger partial charge in [0.2, 0.25) is 5.91 Å². The highest BCUT2D eigenvalue weighted by Crippen LogP contribution is 2.25. The van der Waals surface area contributed by atoms with E-state index in [1.54, 1.807) is 22.2 Å². The van der Waals surface area contributed by atoms with Crippen molar-refractivity contribution in [3.8, 4) is 10.6 Å². The smallest absolute Gasteiger partial charge is 0.273 e. The van der Waals surface area contributed by atoms with E-state index in [1.807, 2.05) is 40.6 Å². The van der Waals surface area contributed by atoms with Crippen molar-refractivity contribution in [2.45, 2.75) is 63.6 Å². The largest absolute Gasteiger partial charge is 0.348 e. The maximum Gasteiger partial charge on any atom is 0.273 e. The quantitative estimate of drug-likeness (QED) is 0.552. The number of likely N-dealkylation sites (tertiary alicyclic amines) is 1. The predicted octanol–water partition coefficient (Wildman–Crippen LogP) is 3.31. The number of rotatable bonds is 8. The SMILES string of the molecule is O=C(NC1CC1)c1cn(CCC2CCCCN2C(=O)Cc2csc(-c3ccccc3)n2)nn1. The summed E-state index contributed by atoms with van der Waals surface area (Å²) in [7, 11) is 0. The van der Waals surface area contributed by atoms with Crippen molar-refractivity contribution in [1.82, 2.24) is 30.2 Å². The van der Waals surface area contributed by atoms with Gasteiger partial charge in [-0.15, -0.1) is 16.4 Å². The Bertz CT molecular complexity index is 1110. The molecule has 1 atom stereocenters. The second kappa shape index (κ2) is 9.82. The van der Waals surface area contributed by atoms with Crippen molar-refractivity contribution in [3.05, 3.63) is 53.3 Å². The Hall–Kier alpha value is -3.07.